The number of rotatable bonds is 9. The molecule has 0 unspecified atom stereocenters. The van der Waals surface area contributed by atoms with Crippen LogP contribution in [0.5, 0.6) is 11.5 Å². The molecule has 0 spiro atoms. The summed E-state index contributed by atoms with van der Waals surface area (Å²) in [5.41, 5.74) is 0.509. The summed E-state index contributed by atoms with van der Waals surface area (Å²) in [6, 6.07) is 5.06. The SMILES string of the molecule is CCCOc1ccc(NC(=O)/C=C\C(=O)O)cc1OCCC. The van der Waals surface area contributed by atoms with E-state index in [9.17, 15) is 9.59 Å². The number of hydrogen-bond acceptors (Lipinski definition) is 4. The number of carbonyl (C=O) groups excluding carboxylic acids is 1. The monoisotopic (exact) mass is 307 g/mol. The Bertz CT molecular complexity index is 539. The van der Waals surface area contributed by atoms with Crippen LogP contribution in [0.4, 0.5) is 5.69 Å². The number of hydrogen-bond donors (Lipinski definition) is 2. The van der Waals surface area contributed by atoms with Crippen LogP contribution < -0.4 is 14.8 Å². The third kappa shape index (κ3) is 6.30. The molecule has 0 saturated carbocycles. The second-order valence-electron chi connectivity index (χ2n) is 4.52. The Morgan fingerprint density at radius 1 is 1.09 bits per heavy atom. The molecule has 0 aliphatic carbocycles. The second kappa shape index (κ2) is 9.44. The Kier molecular flexibility index (Phi) is 7.53. The van der Waals surface area contributed by atoms with Crippen molar-refractivity contribution in [3.05, 3.63) is 30.4 Å². The number of aliphatic carboxylic acids is 1. The van der Waals surface area contributed by atoms with Gasteiger partial charge in [-0.15, -0.1) is 0 Å². The predicted molar refractivity (Wildman–Crippen MR) is 83.4 cm³/mol. The van der Waals surface area contributed by atoms with Gasteiger partial charge >= 0.3 is 5.97 Å². The van der Waals surface area contributed by atoms with E-state index in [1.807, 2.05) is 13.8 Å². The molecule has 0 saturated heterocycles. The minimum absolute atomic E-state index is 0.509. The molecular weight excluding hydrogens is 286 g/mol. The van der Waals surface area contributed by atoms with Gasteiger partial charge in [0.2, 0.25) is 5.91 Å². The van der Waals surface area contributed by atoms with Gasteiger partial charge in [0, 0.05) is 23.9 Å². The topological polar surface area (TPSA) is 84.9 Å². The lowest BCUT2D eigenvalue weighted by Gasteiger charge is -2.13. The van der Waals surface area contributed by atoms with Crippen molar-refractivity contribution in [1.29, 1.82) is 0 Å². The van der Waals surface area contributed by atoms with Gasteiger partial charge in [0.05, 0.1) is 13.2 Å². The van der Waals surface area contributed by atoms with E-state index in [4.69, 9.17) is 14.6 Å². The van der Waals surface area contributed by atoms with Gasteiger partial charge < -0.3 is 19.9 Å². The second-order valence-corrected chi connectivity index (χ2v) is 4.52. The maximum Gasteiger partial charge on any atom is 0.328 e. The summed E-state index contributed by atoms with van der Waals surface area (Å²) in [5, 5.41) is 11.1. The summed E-state index contributed by atoms with van der Waals surface area (Å²) in [4.78, 5) is 21.9. The number of carbonyl (C=O) groups is 2. The number of carboxylic acids is 1. The minimum Gasteiger partial charge on any atom is -0.490 e. The molecular formula is C16H21NO5. The van der Waals surface area contributed by atoms with Crippen molar-refractivity contribution in [2.45, 2.75) is 26.7 Å². The molecule has 120 valence electrons. The van der Waals surface area contributed by atoms with Crippen LogP contribution in [0.25, 0.3) is 0 Å². The molecule has 6 nitrogen and oxygen atoms in total. The molecule has 0 radical (unpaired) electrons. The molecule has 0 bridgehead atoms. The number of nitrogens with one attached hydrogen (secondary N) is 1. The molecule has 1 amide bonds. The average Bonchev–Trinajstić information content (AvgIpc) is 2.50. The first-order valence-electron chi connectivity index (χ1n) is 7.18. The average molecular weight is 307 g/mol. The third-order valence-corrected chi connectivity index (χ3v) is 2.51. The van der Waals surface area contributed by atoms with Gasteiger partial charge in [-0.25, -0.2) is 4.79 Å². The highest BCUT2D eigenvalue weighted by Crippen LogP contribution is 2.30. The van der Waals surface area contributed by atoms with Crippen LogP contribution in [0.15, 0.2) is 30.4 Å². The normalized spacial score (nSPS) is 10.5. The zero-order valence-corrected chi connectivity index (χ0v) is 12.8. The highest BCUT2D eigenvalue weighted by atomic mass is 16.5. The maximum atomic E-state index is 11.6. The van der Waals surface area contributed by atoms with Crippen molar-refractivity contribution in [1.82, 2.24) is 0 Å². The van der Waals surface area contributed by atoms with E-state index >= 15 is 0 Å². The third-order valence-electron chi connectivity index (χ3n) is 2.51. The van der Waals surface area contributed by atoms with E-state index in [1.165, 1.54) is 0 Å². The van der Waals surface area contributed by atoms with Crippen molar-refractivity contribution in [2.75, 3.05) is 18.5 Å². The van der Waals surface area contributed by atoms with Gasteiger partial charge in [-0.05, 0) is 25.0 Å². The van der Waals surface area contributed by atoms with Gasteiger partial charge in [-0.2, -0.15) is 0 Å². The van der Waals surface area contributed by atoms with Crippen LogP contribution in [-0.2, 0) is 9.59 Å². The molecule has 1 rings (SSSR count). The Morgan fingerprint density at radius 2 is 1.73 bits per heavy atom. The van der Waals surface area contributed by atoms with E-state index in [0.717, 1.165) is 25.0 Å². The largest absolute Gasteiger partial charge is 0.490 e. The molecule has 6 heteroatoms. The van der Waals surface area contributed by atoms with Crippen LogP contribution in [0.2, 0.25) is 0 Å². The first-order chi connectivity index (χ1) is 10.6. The summed E-state index contributed by atoms with van der Waals surface area (Å²) in [5.74, 6) is -0.527. The summed E-state index contributed by atoms with van der Waals surface area (Å²) in [7, 11) is 0. The number of amides is 1. The van der Waals surface area contributed by atoms with Gasteiger partial charge in [-0.3, -0.25) is 4.79 Å². The molecule has 0 fully saturated rings. The summed E-state index contributed by atoms with van der Waals surface area (Å²) < 4.78 is 11.2. The van der Waals surface area contributed by atoms with Crippen LogP contribution in [0.1, 0.15) is 26.7 Å². The van der Waals surface area contributed by atoms with Crippen LogP contribution >= 0.6 is 0 Å². The smallest absolute Gasteiger partial charge is 0.328 e. The maximum absolute atomic E-state index is 11.6. The van der Waals surface area contributed by atoms with E-state index in [2.05, 4.69) is 5.32 Å². The first-order valence-corrected chi connectivity index (χ1v) is 7.18. The fourth-order valence-electron chi connectivity index (χ4n) is 1.57. The highest BCUT2D eigenvalue weighted by Gasteiger charge is 2.08. The Balaban J connectivity index is 2.83. The molecule has 0 aliphatic rings. The summed E-state index contributed by atoms with van der Waals surface area (Å²) in [6.07, 6.45) is 3.47. The Hall–Kier alpha value is -2.50. The number of carboxylic acid groups (broad SMARTS) is 1. The quantitative estimate of drug-likeness (QED) is 0.685. The highest BCUT2D eigenvalue weighted by molar-refractivity contribution is 6.02. The van der Waals surface area contributed by atoms with Crippen molar-refractivity contribution < 1.29 is 24.2 Å². The van der Waals surface area contributed by atoms with Crippen LogP contribution in [-0.4, -0.2) is 30.2 Å². The van der Waals surface area contributed by atoms with Gasteiger partial charge in [0.1, 0.15) is 0 Å². The zero-order valence-electron chi connectivity index (χ0n) is 12.8. The van der Waals surface area contributed by atoms with Crippen LogP contribution in [0.3, 0.4) is 0 Å². The van der Waals surface area contributed by atoms with Gasteiger partial charge in [0.15, 0.2) is 11.5 Å². The lowest BCUT2D eigenvalue weighted by atomic mass is 10.2. The molecule has 0 aliphatic heterocycles. The number of ether oxygens (including phenoxy) is 2. The molecule has 2 N–H and O–H groups in total. The van der Waals surface area contributed by atoms with E-state index in [0.29, 0.717) is 30.4 Å². The molecule has 0 aromatic heterocycles. The van der Waals surface area contributed by atoms with E-state index in [-0.39, 0.29) is 0 Å². The van der Waals surface area contributed by atoms with E-state index in [1.54, 1.807) is 18.2 Å². The molecule has 1 aromatic rings. The fraction of sp³-hybridized carbons (Fsp3) is 0.375. The van der Waals surface area contributed by atoms with Crippen molar-refractivity contribution in [2.24, 2.45) is 0 Å². The molecule has 0 heterocycles. The first kappa shape index (κ1) is 17.6. The standard InChI is InChI=1S/C16H21NO5/c1-3-9-21-13-6-5-12(11-14(13)22-10-4-2)17-15(18)7-8-16(19)20/h5-8,11H,3-4,9-10H2,1-2H3,(H,17,18)(H,19,20)/b8-7-. The Labute approximate surface area is 129 Å². The Morgan fingerprint density at radius 3 is 2.32 bits per heavy atom. The zero-order chi connectivity index (χ0) is 16.4. The van der Waals surface area contributed by atoms with Crippen molar-refractivity contribution in [3.8, 4) is 11.5 Å². The van der Waals surface area contributed by atoms with E-state index < -0.39 is 11.9 Å². The van der Waals surface area contributed by atoms with Gasteiger partial charge in [0.25, 0.3) is 0 Å². The molecule has 1 aromatic carbocycles. The number of benzene rings is 1. The number of anilines is 1. The minimum atomic E-state index is -1.18. The van der Waals surface area contributed by atoms with Crippen molar-refractivity contribution >= 4 is 17.6 Å². The van der Waals surface area contributed by atoms with Gasteiger partial charge in [-0.1, -0.05) is 13.8 Å². The lowest BCUT2D eigenvalue weighted by Crippen LogP contribution is -2.09. The van der Waals surface area contributed by atoms with Crippen LogP contribution in [0, 0.1) is 0 Å². The molecule has 0 atom stereocenters. The molecule has 22 heavy (non-hydrogen) atoms. The van der Waals surface area contributed by atoms with Crippen molar-refractivity contribution in [3.63, 3.8) is 0 Å². The predicted octanol–water partition coefficient (Wildman–Crippen LogP) is 2.84. The summed E-state index contributed by atoms with van der Waals surface area (Å²) >= 11 is 0. The summed E-state index contributed by atoms with van der Waals surface area (Å²) in [6.45, 7) is 5.12. The fourth-order valence-corrected chi connectivity index (χ4v) is 1.57. The lowest BCUT2D eigenvalue weighted by molar-refractivity contribution is -0.131.